The molecule has 0 spiro atoms. The summed E-state index contributed by atoms with van der Waals surface area (Å²) in [7, 11) is 0.793. The van der Waals surface area contributed by atoms with Crippen LogP contribution in [0.5, 0.6) is 5.75 Å². The number of hydrazone groups is 1. The molecule has 0 amide bonds. The average molecular weight is 392 g/mol. The third kappa shape index (κ3) is 11.8. The van der Waals surface area contributed by atoms with Gasteiger partial charge in [-0.05, 0) is 64.7 Å². The summed E-state index contributed by atoms with van der Waals surface area (Å²) in [5.41, 5.74) is 4.02. The summed E-state index contributed by atoms with van der Waals surface area (Å²) in [4.78, 5) is 2.18. The fraction of sp³-hybridized carbons (Fsp3) is 0.350. The predicted octanol–water partition coefficient (Wildman–Crippen LogP) is 3.84. The van der Waals surface area contributed by atoms with Crippen LogP contribution in [0.25, 0.3) is 0 Å². The Balaban J connectivity index is 0.000000277. The van der Waals surface area contributed by atoms with Gasteiger partial charge in [0.1, 0.15) is 5.75 Å². The van der Waals surface area contributed by atoms with E-state index in [0.29, 0.717) is 5.75 Å². The first-order valence-electron chi connectivity index (χ1n) is 8.87. The number of hydrogen-bond acceptors (Lipinski definition) is 6. The van der Waals surface area contributed by atoms with Crippen molar-refractivity contribution in [3.63, 3.8) is 0 Å². The van der Waals surface area contributed by atoms with Crippen LogP contribution in [-0.4, -0.2) is 45.9 Å². The van der Waals surface area contributed by atoms with Crippen molar-refractivity contribution in [1.82, 2.24) is 4.90 Å². The average Bonchev–Trinajstić information content (AvgIpc) is 2.66. The molecule has 0 aromatic heterocycles. The summed E-state index contributed by atoms with van der Waals surface area (Å²) >= 11 is 0. The van der Waals surface area contributed by atoms with Gasteiger partial charge in [0.05, 0.1) is 11.4 Å². The van der Waals surface area contributed by atoms with Gasteiger partial charge in [-0.1, -0.05) is 36.4 Å². The van der Waals surface area contributed by atoms with Gasteiger partial charge in [-0.25, -0.2) is 0 Å². The van der Waals surface area contributed by atoms with Crippen molar-refractivity contribution in [2.45, 2.75) is 19.8 Å². The molecule has 0 fully saturated rings. The Kier molecular flexibility index (Phi) is 10.8. The number of hydrogen-bond donors (Lipinski definition) is 1. The molecule has 27 heavy (non-hydrogen) atoms. The molecule has 6 nitrogen and oxygen atoms in total. The standard InChI is InChI=1S/C12H19N3.C8H10O3S/c1-15(2)11-7-6-10-13-14-12-8-4-3-5-9-12;1-2-12(9,10)11-8-6-4-3-5-7-8/h3-5,8-10,14H,6-7,11H2,1-2H3;3-7H,2H2,1H3/b13-10-;. The number of nitrogens with one attached hydrogen (secondary N) is 1. The number of para-hydroxylation sites is 2. The molecule has 0 aliphatic rings. The maximum Gasteiger partial charge on any atom is 0.308 e. The summed E-state index contributed by atoms with van der Waals surface area (Å²) in [6.07, 6.45) is 4.08. The van der Waals surface area contributed by atoms with E-state index >= 15 is 0 Å². The molecule has 0 heterocycles. The van der Waals surface area contributed by atoms with E-state index in [1.165, 1.54) is 6.92 Å². The van der Waals surface area contributed by atoms with E-state index in [4.69, 9.17) is 4.18 Å². The number of benzene rings is 2. The van der Waals surface area contributed by atoms with Gasteiger partial charge in [-0.2, -0.15) is 13.5 Å². The van der Waals surface area contributed by atoms with Gasteiger partial charge in [0.25, 0.3) is 0 Å². The van der Waals surface area contributed by atoms with Crippen molar-refractivity contribution in [3.8, 4) is 5.75 Å². The Hall–Kier alpha value is -2.38. The minimum Gasteiger partial charge on any atom is -0.382 e. The lowest BCUT2D eigenvalue weighted by Crippen LogP contribution is -2.12. The minimum absolute atomic E-state index is 0.0120. The van der Waals surface area contributed by atoms with Crippen molar-refractivity contribution in [3.05, 3.63) is 60.7 Å². The van der Waals surface area contributed by atoms with Crippen LogP contribution in [0.4, 0.5) is 5.69 Å². The molecule has 0 saturated carbocycles. The number of unbranched alkanes of at least 4 members (excludes halogenated alkanes) is 1. The van der Waals surface area contributed by atoms with Crippen molar-refractivity contribution in [2.24, 2.45) is 5.10 Å². The quantitative estimate of drug-likeness (QED) is 0.304. The Morgan fingerprint density at radius 3 is 2.19 bits per heavy atom. The van der Waals surface area contributed by atoms with Crippen molar-refractivity contribution in [1.29, 1.82) is 0 Å². The Morgan fingerprint density at radius 2 is 1.63 bits per heavy atom. The second kappa shape index (κ2) is 12.9. The second-order valence-corrected chi connectivity index (χ2v) is 7.84. The first-order valence-corrected chi connectivity index (χ1v) is 10.4. The highest BCUT2D eigenvalue weighted by Crippen LogP contribution is 2.11. The highest BCUT2D eigenvalue weighted by atomic mass is 32.2. The molecule has 7 heteroatoms. The van der Waals surface area contributed by atoms with E-state index < -0.39 is 10.1 Å². The third-order valence-electron chi connectivity index (χ3n) is 3.32. The van der Waals surface area contributed by atoms with Crippen molar-refractivity contribution in [2.75, 3.05) is 31.8 Å². The van der Waals surface area contributed by atoms with Crippen LogP contribution in [0.3, 0.4) is 0 Å². The van der Waals surface area contributed by atoms with E-state index in [-0.39, 0.29) is 5.75 Å². The maximum absolute atomic E-state index is 10.9. The van der Waals surface area contributed by atoms with Crippen molar-refractivity contribution >= 4 is 22.0 Å². The Morgan fingerprint density at radius 1 is 1.04 bits per heavy atom. The molecular formula is C20H29N3O3S. The minimum atomic E-state index is -3.37. The molecule has 1 N–H and O–H groups in total. The van der Waals surface area contributed by atoms with E-state index in [0.717, 1.165) is 25.1 Å². The van der Waals surface area contributed by atoms with Crippen LogP contribution < -0.4 is 9.61 Å². The van der Waals surface area contributed by atoms with E-state index in [2.05, 4.69) is 29.5 Å². The summed E-state index contributed by atoms with van der Waals surface area (Å²) in [6.45, 7) is 2.65. The smallest absolute Gasteiger partial charge is 0.308 e. The van der Waals surface area contributed by atoms with Crippen LogP contribution in [0.1, 0.15) is 19.8 Å². The fourth-order valence-corrected chi connectivity index (χ4v) is 2.40. The lowest BCUT2D eigenvalue weighted by Gasteiger charge is -2.06. The van der Waals surface area contributed by atoms with Gasteiger partial charge in [0, 0.05) is 6.21 Å². The summed E-state index contributed by atoms with van der Waals surface area (Å²) < 4.78 is 26.6. The highest BCUT2D eigenvalue weighted by molar-refractivity contribution is 7.87. The first-order chi connectivity index (χ1) is 12.9. The van der Waals surface area contributed by atoms with E-state index in [1.807, 2.05) is 36.5 Å². The molecule has 2 rings (SSSR count). The Bertz CT molecular complexity index is 749. The lowest BCUT2D eigenvalue weighted by molar-refractivity contribution is 0.404. The van der Waals surface area contributed by atoms with Crippen LogP contribution in [-0.2, 0) is 10.1 Å². The highest BCUT2D eigenvalue weighted by Gasteiger charge is 2.07. The van der Waals surface area contributed by atoms with Gasteiger partial charge in [0.15, 0.2) is 0 Å². The fourth-order valence-electron chi connectivity index (χ4n) is 1.88. The number of rotatable bonds is 9. The van der Waals surface area contributed by atoms with Crippen LogP contribution in [0, 0.1) is 0 Å². The summed E-state index contributed by atoms with van der Waals surface area (Å²) in [6, 6.07) is 18.4. The van der Waals surface area contributed by atoms with Crippen LogP contribution >= 0.6 is 0 Å². The second-order valence-electron chi connectivity index (χ2n) is 5.98. The molecule has 0 aliphatic heterocycles. The zero-order chi connectivity index (χ0) is 20.0. The molecule has 0 bridgehead atoms. The summed E-state index contributed by atoms with van der Waals surface area (Å²) in [5.74, 6) is 0.348. The zero-order valence-electron chi connectivity index (χ0n) is 16.2. The van der Waals surface area contributed by atoms with Gasteiger partial charge in [0.2, 0.25) is 0 Å². The predicted molar refractivity (Wildman–Crippen MR) is 113 cm³/mol. The monoisotopic (exact) mass is 391 g/mol. The SMILES string of the molecule is CCS(=O)(=O)Oc1ccccc1.CN(C)CCC/C=N\Nc1ccccc1. The molecule has 0 radical (unpaired) electrons. The molecule has 0 aliphatic carbocycles. The van der Waals surface area contributed by atoms with Gasteiger partial charge in [-0.15, -0.1) is 0 Å². The molecule has 2 aromatic carbocycles. The lowest BCUT2D eigenvalue weighted by atomic mass is 10.3. The third-order valence-corrected chi connectivity index (χ3v) is 4.47. The molecular weight excluding hydrogens is 362 g/mol. The number of anilines is 1. The first kappa shape index (κ1) is 22.7. The molecule has 148 valence electrons. The van der Waals surface area contributed by atoms with E-state index in [9.17, 15) is 8.42 Å². The maximum atomic E-state index is 10.9. The van der Waals surface area contributed by atoms with Crippen LogP contribution in [0.2, 0.25) is 0 Å². The molecule has 0 atom stereocenters. The van der Waals surface area contributed by atoms with Gasteiger partial charge in [-0.3, -0.25) is 5.43 Å². The number of nitrogens with zero attached hydrogens (tertiary/aromatic N) is 2. The van der Waals surface area contributed by atoms with E-state index in [1.54, 1.807) is 30.3 Å². The normalized spacial score (nSPS) is 11.1. The molecule has 2 aromatic rings. The molecule has 0 unspecified atom stereocenters. The Labute approximate surface area is 163 Å². The zero-order valence-corrected chi connectivity index (χ0v) is 17.0. The topological polar surface area (TPSA) is 71.0 Å². The largest absolute Gasteiger partial charge is 0.382 e. The van der Waals surface area contributed by atoms with Gasteiger partial charge >= 0.3 is 10.1 Å². The molecule has 0 saturated heterocycles. The van der Waals surface area contributed by atoms with Crippen LogP contribution in [0.15, 0.2) is 65.8 Å². The summed E-state index contributed by atoms with van der Waals surface area (Å²) in [5, 5.41) is 4.14. The van der Waals surface area contributed by atoms with Gasteiger partial charge < -0.3 is 9.08 Å². The van der Waals surface area contributed by atoms with Crippen molar-refractivity contribution < 1.29 is 12.6 Å².